The third-order valence-corrected chi connectivity index (χ3v) is 3.62. The van der Waals surface area contributed by atoms with Crippen molar-refractivity contribution in [1.29, 1.82) is 0 Å². The Morgan fingerprint density at radius 1 is 1.33 bits per heavy atom. The first-order valence-electron chi connectivity index (χ1n) is 7.54. The van der Waals surface area contributed by atoms with Crippen molar-refractivity contribution in [3.05, 3.63) is 33.8 Å². The first-order chi connectivity index (χ1) is 9.76. The molecule has 0 aromatic heterocycles. The predicted octanol–water partition coefficient (Wildman–Crippen LogP) is 5.38. The molecule has 1 atom stereocenters. The minimum Gasteiger partial charge on any atom is -0.444 e. The molecule has 1 aromatic carbocycles. The van der Waals surface area contributed by atoms with Gasteiger partial charge >= 0.3 is 6.09 Å². The van der Waals surface area contributed by atoms with Crippen LogP contribution in [0.25, 0.3) is 0 Å². The third kappa shape index (κ3) is 6.08. The number of amides is 1. The molecule has 1 N–H and O–H groups in total. The standard InChI is InChI=1S/C17H26BrNO2/c1-6-8-15(19-16(20)21-17(3,4)5)14-10-9-13(18)11-12(14)7-2/h9-11,15H,6-8H2,1-5H3,(H,19,20). The van der Waals surface area contributed by atoms with Gasteiger partial charge in [0.2, 0.25) is 0 Å². The molecular formula is C17H26BrNO2. The maximum absolute atomic E-state index is 12.0. The van der Waals surface area contributed by atoms with Crippen LogP contribution in [0, 0.1) is 0 Å². The summed E-state index contributed by atoms with van der Waals surface area (Å²) in [4.78, 5) is 12.0. The average molecular weight is 356 g/mol. The predicted molar refractivity (Wildman–Crippen MR) is 90.5 cm³/mol. The van der Waals surface area contributed by atoms with Gasteiger partial charge in [-0.2, -0.15) is 0 Å². The number of ether oxygens (including phenoxy) is 1. The van der Waals surface area contributed by atoms with Gasteiger partial charge in [0, 0.05) is 4.47 Å². The molecule has 0 saturated heterocycles. The van der Waals surface area contributed by atoms with E-state index in [4.69, 9.17) is 4.74 Å². The second kappa shape index (κ2) is 7.83. The van der Waals surface area contributed by atoms with E-state index in [2.05, 4.69) is 47.2 Å². The molecule has 21 heavy (non-hydrogen) atoms. The van der Waals surface area contributed by atoms with Gasteiger partial charge in [-0.05, 0) is 56.9 Å². The summed E-state index contributed by atoms with van der Waals surface area (Å²) < 4.78 is 6.44. The Morgan fingerprint density at radius 2 is 2.00 bits per heavy atom. The van der Waals surface area contributed by atoms with Crippen molar-refractivity contribution >= 4 is 22.0 Å². The summed E-state index contributed by atoms with van der Waals surface area (Å²) in [6.07, 6.45) is 2.48. The Bertz CT molecular complexity index is 480. The minimum atomic E-state index is -0.478. The zero-order chi connectivity index (χ0) is 16.0. The van der Waals surface area contributed by atoms with Crippen LogP contribution in [-0.4, -0.2) is 11.7 Å². The number of aryl methyl sites for hydroxylation is 1. The second-order valence-corrected chi connectivity index (χ2v) is 7.10. The van der Waals surface area contributed by atoms with Crippen LogP contribution in [0.1, 0.15) is 64.6 Å². The topological polar surface area (TPSA) is 38.3 Å². The fourth-order valence-electron chi connectivity index (χ4n) is 2.26. The van der Waals surface area contributed by atoms with E-state index in [1.54, 1.807) is 0 Å². The minimum absolute atomic E-state index is 0.00657. The van der Waals surface area contributed by atoms with Crippen LogP contribution in [0.4, 0.5) is 4.79 Å². The molecule has 1 unspecified atom stereocenters. The quantitative estimate of drug-likeness (QED) is 0.769. The van der Waals surface area contributed by atoms with Crippen molar-refractivity contribution in [2.75, 3.05) is 0 Å². The summed E-state index contributed by atoms with van der Waals surface area (Å²) in [6.45, 7) is 9.87. The molecule has 0 heterocycles. The van der Waals surface area contributed by atoms with Crippen LogP contribution < -0.4 is 5.32 Å². The van der Waals surface area contributed by atoms with E-state index in [-0.39, 0.29) is 12.1 Å². The highest BCUT2D eigenvalue weighted by Gasteiger charge is 2.21. The first-order valence-corrected chi connectivity index (χ1v) is 8.34. The lowest BCUT2D eigenvalue weighted by Gasteiger charge is -2.25. The number of halogens is 1. The summed E-state index contributed by atoms with van der Waals surface area (Å²) >= 11 is 3.50. The summed E-state index contributed by atoms with van der Waals surface area (Å²) in [6, 6.07) is 6.22. The van der Waals surface area contributed by atoms with Crippen LogP contribution in [0.2, 0.25) is 0 Å². The Hall–Kier alpha value is -1.03. The molecule has 1 rings (SSSR count). The average Bonchev–Trinajstić information content (AvgIpc) is 2.35. The number of alkyl carbamates (subject to hydrolysis) is 1. The van der Waals surface area contributed by atoms with E-state index in [1.165, 1.54) is 11.1 Å². The number of benzene rings is 1. The SMILES string of the molecule is CCCC(NC(=O)OC(C)(C)C)c1ccc(Br)cc1CC. The Labute approximate surface area is 136 Å². The highest BCUT2D eigenvalue weighted by atomic mass is 79.9. The second-order valence-electron chi connectivity index (χ2n) is 6.18. The molecule has 4 heteroatoms. The molecule has 0 aliphatic rings. The van der Waals surface area contributed by atoms with Gasteiger partial charge in [0.05, 0.1) is 6.04 Å². The van der Waals surface area contributed by atoms with Crippen LogP contribution in [0.3, 0.4) is 0 Å². The zero-order valence-corrected chi connectivity index (χ0v) is 15.2. The summed E-state index contributed by atoms with van der Waals surface area (Å²) in [5.41, 5.74) is 1.95. The van der Waals surface area contributed by atoms with Crippen LogP contribution in [0.15, 0.2) is 22.7 Å². The smallest absolute Gasteiger partial charge is 0.408 e. The highest BCUT2D eigenvalue weighted by Crippen LogP contribution is 2.26. The lowest BCUT2D eigenvalue weighted by Crippen LogP contribution is -2.35. The van der Waals surface area contributed by atoms with Crippen LogP contribution >= 0.6 is 15.9 Å². The maximum atomic E-state index is 12.0. The van der Waals surface area contributed by atoms with Gasteiger partial charge < -0.3 is 10.1 Å². The molecule has 0 aliphatic heterocycles. The van der Waals surface area contributed by atoms with Gasteiger partial charge in [-0.25, -0.2) is 4.79 Å². The van der Waals surface area contributed by atoms with Crippen molar-refractivity contribution in [3.63, 3.8) is 0 Å². The number of hydrogen-bond acceptors (Lipinski definition) is 2. The first kappa shape index (κ1) is 18.0. The summed E-state index contributed by atoms with van der Waals surface area (Å²) in [7, 11) is 0. The molecular weight excluding hydrogens is 330 g/mol. The number of carbonyl (C=O) groups excluding carboxylic acids is 1. The lowest BCUT2D eigenvalue weighted by atomic mass is 9.96. The molecule has 118 valence electrons. The summed E-state index contributed by atoms with van der Waals surface area (Å²) in [5, 5.41) is 3.01. The monoisotopic (exact) mass is 355 g/mol. The largest absolute Gasteiger partial charge is 0.444 e. The van der Waals surface area contributed by atoms with Gasteiger partial charge in [0.1, 0.15) is 5.60 Å². The fraction of sp³-hybridized carbons (Fsp3) is 0.588. The van der Waals surface area contributed by atoms with Crippen LogP contribution in [-0.2, 0) is 11.2 Å². The van der Waals surface area contributed by atoms with Crippen molar-refractivity contribution in [2.24, 2.45) is 0 Å². The molecule has 1 amide bonds. The molecule has 0 spiro atoms. The molecule has 0 radical (unpaired) electrons. The van der Waals surface area contributed by atoms with E-state index < -0.39 is 5.60 Å². The van der Waals surface area contributed by atoms with Gasteiger partial charge in [-0.3, -0.25) is 0 Å². The molecule has 1 aromatic rings. The number of rotatable bonds is 5. The van der Waals surface area contributed by atoms with Crippen molar-refractivity contribution in [1.82, 2.24) is 5.32 Å². The van der Waals surface area contributed by atoms with E-state index >= 15 is 0 Å². The van der Waals surface area contributed by atoms with E-state index in [0.29, 0.717) is 0 Å². The normalized spacial score (nSPS) is 12.9. The fourth-order valence-corrected chi connectivity index (χ4v) is 2.67. The number of hydrogen-bond donors (Lipinski definition) is 1. The van der Waals surface area contributed by atoms with Gasteiger partial charge in [-0.1, -0.05) is 42.3 Å². The summed E-state index contributed by atoms with van der Waals surface area (Å²) in [5.74, 6) is 0. The Balaban J connectivity index is 2.94. The van der Waals surface area contributed by atoms with Gasteiger partial charge in [0.15, 0.2) is 0 Å². The van der Waals surface area contributed by atoms with Gasteiger partial charge in [0.25, 0.3) is 0 Å². The van der Waals surface area contributed by atoms with Crippen molar-refractivity contribution in [3.8, 4) is 0 Å². The number of nitrogens with one attached hydrogen (secondary N) is 1. The van der Waals surface area contributed by atoms with E-state index in [0.717, 1.165) is 23.7 Å². The van der Waals surface area contributed by atoms with Crippen LogP contribution in [0.5, 0.6) is 0 Å². The Morgan fingerprint density at radius 3 is 2.52 bits per heavy atom. The van der Waals surface area contributed by atoms with Crippen molar-refractivity contribution < 1.29 is 9.53 Å². The van der Waals surface area contributed by atoms with Crippen molar-refractivity contribution in [2.45, 2.75) is 65.5 Å². The molecule has 3 nitrogen and oxygen atoms in total. The molecule has 0 bridgehead atoms. The molecule has 0 fully saturated rings. The highest BCUT2D eigenvalue weighted by molar-refractivity contribution is 9.10. The maximum Gasteiger partial charge on any atom is 0.408 e. The molecule has 0 saturated carbocycles. The lowest BCUT2D eigenvalue weighted by molar-refractivity contribution is 0.0500. The molecule has 0 aliphatic carbocycles. The number of carbonyl (C=O) groups is 1. The third-order valence-electron chi connectivity index (χ3n) is 3.13. The Kier molecular flexibility index (Phi) is 6.72. The zero-order valence-electron chi connectivity index (χ0n) is 13.6. The van der Waals surface area contributed by atoms with E-state index in [9.17, 15) is 4.79 Å². The van der Waals surface area contributed by atoms with E-state index in [1.807, 2.05) is 26.8 Å². The van der Waals surface area contributed by atoms with Gasteiger partial charge in [-0.15, -0.1) is 0 Å².